The SMILES string of the molecule is CC(NS(=O)(=O)CCc1ccccc1)c1ccccn1. The first-order valence-corrected chi connectivity index (χ1v) is 8.17. The smallest absolute Gasteiger partial charge is 0.212 e. The molecule has 0 bridgehead atoms. The van der Waals surface area contributed by atoms with Crippen molar-refractivity contribution in [2.75, 3.05) is 5.75 Å². The van der Waals surface area contributed by atoms with E-state index < -0.39 is 10.0 Å². The number of hydrogen-bond donors (Lipinski definition) is 1. The lowest BCUT2D eigenvalue weighted by atomic mass is 10.2. The Balaban J connectivity index is 1.94. The molecule has 1 heterocycles. The molecule has 4 nitrogen and oxygen atoms in total. The minimum Gasteiger partial charge on any atom is -0.260 e. The Bertz CT molecular complexity index is 627. The van der Waals surface area contributed by atoms with Gasteiger partial charge in [-0.15, -0.1) is 0 Å². The summed E-state index contributed by atoms with van der Waals surface area (Å²) in [7, 11) is -3.32. The van der Waals surface area contributed by atoms with Gasteiger partial charge in [0.1, 0.15) is 0 Å². The van der Waals surface area contributed by atoms with Gasteiger partial charge in [-0.3, -0.25) is 4.98 Å². The van der Waals surface area contributed by atoms with Gasteiger partial charge < -0.3 is 0 Å². The van der Waals surface area contributed by atoms with Crippen molar-refractivity contribution >= 4 is 10.0 Å². The molecule has 2 aromatic rings. The van der Waals surface area contributed by atoms with E-state index in [0.29, 0.717) is 6.42 Å². The first-order chi connectivity index (χ1) is 9.57. The summed E-state index contributed by atoms with van der Waals surface area (Å²) < 4.78 is 26.7. The van der Waals surface area contributed by atoms with Crippen LogP contribution in [0.25, 0.3) is 0 Å². The fourth-order valence-electron chi connectivity index (χ4n) is 1.92. The third-order valence-electron chi connectivity index (χ3n) is 2.99. The van der Waals surface area contributed by atoms with Gasteiger partial charge in [0, 0.05) is 6.20 Å². The summed E-state index contributed by atoms with van der Waals surface area (Å²) in [4.78, 5) is 4.15. The van der Waals surface area contributed by atoms with Gasteiger partial charge in [0.15, 0.2) is 0 Å². The highest BCUT2D eigenvalue weighted by Crippen LogP contribution is 2.10. The van der Waals surface area contributed by atoms with E-state index in [1.807, 2.05) is 42.5 Å². The molecule has 0 aliphatic rings. The lowest BCUT2D eigenvalue weighted by Crippen LogP contribution is -2.30. The van der Waals surface area contributed by atoms with E-state index in [9.17, 15) is 8.42 Å². The van der Waals surface area contributed by atoms with E-state index in [1.165, 1.54) is 0 Å². The van der Waals surface area contributed by atoms with Crippen molar-refractivity contribution in [2.24, 2.45) is 0 Å². The van der Waals surface area contributed by atoms with Crippen LogP contribution in [0.5, 0.6) is 0 Å². The molecule has 0 aliphatic heterocycles. The summed E-state index contributed by atoms with van der Waals surface area (Å²) in [6.07, 6.45) is 2.16. The number of nitrogens with zero attached hydrogens (tertiary/aromatic N) is 1. The molecule has 5 heteroatoms. The predicted molar refractivity (Wildman–Crippen MR) is 79.7 cm³/mol. The maximum Gasteiger partial charge on any atom is 0.212 e. The van der Waals surface area contributed by atoms with Gasteiger partial charge >= 0.3 is 0 Å². The second-order valence-electron chi connectivity index (χ2n) is 4.65. The third kappa shape index (κ3) is 4.43. The van der Waals surface area contributed by atoms with Crippen molar-refractivity contribution in [3.8, 4) is 0 Å². The fourth-order valence-corrected chi connectivity index (χ4v) is 3.20. The van der Waals surface area contributed by atoms with E-state index >= 15 is 0 Å². The minimum absolute atomic E-state index is 0.0776. The van der Waals surface area contributed by atoms with Crippen LogP contribution in [-0.4, -0.2) is 19.2 Å². The predicted octanol–water partition coefficient (Wildman–Crippen LogP) is 2.30. The van der Waals surface area contributed by atoms with Crippen LogP contribution < -0.4 is 4.72 Å². The Labute approximate surface area is 119 Å². The van der Waals surface area contributed by atoms with Crippen LogP contribution in [0.2, 0.25) is 0 Å². The molecule has 0 fully saturated rings. The number of sulfonamides is 1. The molecule has 2 rings (SSSR count). The maximum atomic E-state index is 12.0. The van der Waals surface area contributed by atoms with Crippen molar-refractivity contribution in [1.82, 2.24) is 9.71 Å². The number of pyridine rings is 1. The van der Waals surface area contributed by atoms with Gasteiger partial charge in [0.25, 0.3) is 0 Å². The Morgan fingerprint density at radius 2 is 1.80 bits per heavy atom. The second kappa shape index (κ2) is 6.63. The molecule has 0 saturated heterocycles. The van der Waals surface area contributed by atoms with E-state index in [1.54, 1.807) is 19.2 Å². The standard InChI is InChI=1S/C15H18N2O2S/c1-13(15-9-5-6-11-16-15)17-20(18,19)12-10-14-7-3-2-4-8-14/h2-9,11,13,17H,10,12H2,1H3. The normalized spacial score (nSPS) is 13.1. The van der Waals surface area contributed by atoms with Gasteiger partial charge in [-0.2, -0.15) is 0 Å². The Morgan fingerprint density at radius 3 is 2.45 bits per heavy atom. The number of nitrogens with one attached hydrogen (secondary N) is 1. The molecule has 0 radical (unpaired) electrons. The van der Waals surface area contributed by atoms with Crippen molar-refractivity contribution in [3.63, 3.8) is 0 Å². The quantitative estimate of drug-likeness (QED) is 0.888. The van der Waals surface area contributed by atoms with Crippen LogP contribution >= 0.6 is 0 Å². The monoisotopic (exact) mass is 290 g/mol. The summed E-state index contributed by atoms with van der Waals surface area (Å²) in [5.74, 6) is 0.0776. The van der Waals surface area contributed by atoms with E-state index in [-0.39, 0.29) is 11.8 Å². The average Bonchev–Trinajstić information content (AvgIpc) is 2.47. The maximum absolute atomic E-state index is 12.0. The topological polar surface area (TPSA) is 59.1 Å². The molecule has 1 aromatic carbocycles. The molecule has 0 amide bonds. The highest BCUT2D eigenvalue weighted by Gasteiger charge is 2.16. The summed E-state index contributed by atoms with van der Waals surface area (Å²) in [5.41, 5.74) is 1.74. The number of hydrogen-bond acceptors (Lipinski definition) is 3. The van der Waals surface area contributed by atoms with Crippen LogP contribution in [0.15, 0.2) is 54.7 Å². The van der Waals surface area contributed by atoms with E-state index in [4.69, 9.17) is 0 Å². The summed E-state index contributed by atoms with van der Waals surface area (Å²) in [6, 6.07) is 14.7. The molecule has 106 valence electrons. The fraction of sp³-hybridized carbons (Fsp3) is 0.267. The lowest BCUT2D eigenvalue weighted by Gasteiger charge is -2.13. The zero-order chi connectivity index (χ0) is 14.4. The second-order valence-corrected chi connectivity index (χ2v) is 6.52. The van der Waals surface area contributed by atoms with Crippen LogP contribution in [0, 0.1) is 0 Å². The first-order valence-electron chi connectivity index (χ1n) is 6.52. The van der Waals surface area contributed by atoms with Crippen molar-refractivity contribution in [1.29, 1.82) is 0 Å². The Morgan fingerprint density at radius 1 is 1.10 bits per heavy atom. The summed E-state index contributed by atoms with van der Waals surface area (Å²) >= 11 is 0. The molecule has 1 aromatic heterocycles. The van der Waals surface area contributed by atoms with E-state index in [2.05, 4.69) is 9.71 Å². The number of rotatable bonds is 6. The van der Waals surface area contributed by atoms with Crippen molar-refractivity contribution in [2.45, 2.75) is 19.4 Å². The minimum atomic E-state index is -3.32. The van der Waals surface area contributed by atoms with E-state index in [0.717, 1.165) is 11.3 Å². The molecule has 20 heavy (non-hydrogen) atoms. The third-order valence-corrected chi connectivity index (χ3v) is 4.44. The van der Waals surface area contributed by atoms with Crippen LogP contribution in [0.1, 0.15) is 24.2 Å². The summed E-state index contributed by atoms with van der Waals surface area (Å²) in [5, 5.41) is 0. The average molecular weight is 290 g/mol. The molecule has 0 spiro atoms. The molecule has 0 saturated carbocycles. The van der Waals surface area contributed by atoms with Gasteiger partial charge in [0.2, 0.25) is 10.0 Å². The highest BCUT2D eigenvalue weighted by molar-refractivity contribution is 7.89. The zero-order valence-electron chi connectivity index (χ0n) is 11.4. The number of aromatic nitrogens is 1. The van der Waals surface area contributed by atoms with Crippen LogP contribution in [0.3, 0.4) is 0 Å². The number of aryl methyl sites for hydroxylation is 1. The van der Waals surface area contributed by atoms with Gasteiger partial charge in [0.05, 0.1) is 17.5 Å². The Hall–Kier alpha value is -1.72. The highest BCUT2D eigenvalue weighted by atomic mass is 32.2. The van der Waals surface area contributed by atoms with Crippen LogP contribution in [-0.2, 0) is 16.4 Å². The molecular formula is C15H18N2O2S. The molecule has 1 N–H and O–H groups in total. The van der Waals surface area contributed by atoms with Gasteiger partial charge in [-0.25, -0.2) is 13.1 Å². The largest absolute Gasteiger partial charge is 0.260 e. The molecule has 1 atom stereocenters. The Kier molecular flexibility index (Phi) is 4.87. The first kappa shape index (κ1) is 14.7. The summed E-state index contributed by atoms with van der Waals surface area (Å²) in [6.45, 7) is 1.79. The molecular weight excluding hydrogens is 272 g/mol. The van der Waals surface area contributed by atoms with Crippen molar-refractivity contribution in [3.05, 3.63) is 66.0 Å². The zero-order valence-corrected chi connectivity index (χ0v) is 12.2. The lowest BCUT2D eigenvalue weighted by molar-refractivity contribution is 0.563. The van der Waals surface area contributed by atoms with Crippen molar-refractivity contribution < 1.29 is 8.42 Å². The molecule has 0 aliphatic carbocycles. The van der Waals surface area contributed by atoms with Gasteiger partial charge in [-0.1, -0.05) is 36.4 Å². The van der Waals surface area contributed by atoms with Crippen LogP contribution in [0.4, 0.5) is 0 Å². The van der Waals surface area contributed by atoms with Gasteiger partial charge in [-0.05, 0) is 31.0 Å². The number of benzene rings is 1. The molecule has 1 unspecified atom stereocenters.